The van der Waals surface area contributed by atoms with Gasteiger partial charge in [-0.1, -0.05) is 0 Å². The molecule has 2 rings (SSSR count). The van der Waals surface area contributed by atoms with E-state index in [1.165, 1.54) is 0 Å². The molecule has 0 aromatic carbocycles. The van der Waals surface area contributed by atoms with Gasteiger partial charge in [0.05, 0.1) is 19.3 Å². The first-order valence-corrected chi connectivity index (χ1v) is 7.74. The van der Waals surface area contributed by atoms with Crippen LogP contribution in [0.1, 0.15) is 6.42 Å². The molecule has 0 bridgehead atoms. The maximum Gasteiger partial charge on any atom is 0.469 e. The molecule has 2 aliphatic heterocycles. The van der Waals surface area contributed by atoms with E-state index < -0.39 is 32.9 Å². The maximum atomic E-state index is 10.7. The van der Waals surface area contributed by atoms with E-state index in [9.17, 15) is 9.67 Å². The minimum absolute atomic E-state index is 0.207. The Labute approximate surface area is 120 Å². The first kappa shape index (κ1) is 16.4. The zero-order chi connectivity index (χ0) is 15.6. The number of hydrogen-bond acceptors (Lipinski definition) is 8. The predicted octanol–water partition coefficient (Wildman–Crippen LogP) is -1.92. The molecule has 21 heavy (non-hydrogen) atoms. The van der Waals surface area contributed by atoms with Gasteiger partial charge in [-0.25, -0.2) is 9.56 Å². The summed E-state index contributed by atoms with van der Waals surface area (Å²) in [5, 5.41) is 19.0. The van der Waals surface area contributed by atoms with Crippen molar-refractivity contribution >= 4 is 13.7 Å². The Balaban J connectivity index is 1.95. The molecule has 0 radical (unpaired) electrons. The third kappa shape index (κ3) is 4.24. The summed E-state index contributed by atoms with van der Waals surface area (Å²) >= 11 is 0. The largest absolute Gasteiger partial charge is 0.469 e. The molecule has 3 atom stereocenters. The quantitative estimate of drug-likeness (QED) is 0.363. The summed E-state index contributed by atoms with van der Waals surface area (Å²) in [4.78, 5) is 23.0. The molecule has 0 aromatic rings. The van der Waals surface area contributed by atoms with E-state index in [2.05, 4.69) is 9.52 Å². The average Bonchev–Trinajstić information content (AvgIpc) is 2.77. The monoisotopic (exact) mass is 323 g/mol. The zero-order valence-corrected chi connectivity index (χ0v) is 12.0. The first-order valence-electron chi connectivity index (χ1n) is 6.21. The number of aliphatic hydroxyl groups is 2. The number of nitrogens with zero attached hydrogens (tertiary/aromatic N) is 2. The Morgan fingerprint density at radius 2 is 2.29 bits per heavy atom. The summed E-state index contributed by atoms with van der Waals surface area (Å²) in [5.74, 6) is 0.244. The number of aliphatic imine (C=N–C) groups is 1. The topological polar surface area (TPSA) is 158 Å². The van der Waals surface area contributed by atoms with Crippen molar-refractivity contribution in [2.24, 2.45) is 10.7 Å². The van der Waals surface area contributed by atoms with Gasteiger partial charge in [0.1, 0.15) is 24.8 Å². The lowest BCUT2D eigenvalue weighted by Crippen LogP contribution is -2.37. The summed E-state index contributed by atoms with van der Waals surface area (Å²) in [7, 11) is -4.61. The van der Waals surface area contributed by atoms with Gasteiger partial charge in [-0.05, 0) is 0 Å². The number of phosphoric ester groups is 1. The number of amidine groups is 1. The highest BCUT2D eigenvalue weighted by molar-refractivity contribution is 7.46. The zero-order valence-electron chi connectivity index (χ0n) is 11.1. The van der Waals surface area contributed by atoms with Crippen LogP contribution in [0.5, 0.6) is 0 Å². The van der Waals surface area contributed by atoms with E-state index in [4.69, 9.17) is 25.4 Å². The molecule has 120 valence electrons. The van der Waals surface area contributed by atoms with Crippen LogP contribution in [-0.4, -0.2) is 69.1 Å². The van der Waals surface area contributed by atoms with E-state index in [0.717, 1.165) is 0 Å². The maximum absolute atomic E-state index is 10.7. The Morgan fingerprint density at radius 1 is 1.57 bits per heavy atom. The van der Waals surface area contributed by atoms with Gasteiger partial charge in [0.15, 0.2) is 0 Å². The molecule has 11 heteroatoms. The van der Waals surface area contributed by atoms with Gasteiger partial charge in [-0.2, -0.15) is 0 Å². The van der Waals surface area contributed by atoms with Gasteiger partial charge in [0.2, 0.25) is 0 Å². The summed E-state index contributed by atoms with van der Waals surface area (Å²) in [6.45, 7) is -0.484. The van der Waals surface area contributed by atoms with Gasteiger partial charge >= 0.3 is 7.82 Å². The van der Waals surface area contributed by atoms with Crippen molar-refractivity contribution < 1.29 is 33.8 Å². The molecule has 6 N–H and O–H groups in total. The molecule has 2 heterocycles. The fraction of sp³-hybridized carbons (Fsp3) is 0.700. The molecule has 0 saturated carbocycles. The minimum Gasteiger partial charge on any atom is -0.391 e. The first-order chi connectivity index (χ1) is 9.80. The van der Waals surface area contributed by atoms with Crippen LogP contribution in [0.15, 0.2) is 16.8 Å². The van der Waals surface area contributed by atoms with Crippen molar-refractivity contribution in [3.05, 3.63) is 11.8 Å². The van der Waals surface area contributed by atoms with Crippen LogP contribution in [0.2, 0.25) is 0 Å². The highest BCUT2D eigenvalue weighted by Gasteiger charge is 2.38. The van der Waals surface area contributed by atoms with Crippen LogP contribution >= 0.6 is 7.82 Å². The summed E-state index contributed by atoms with van der Waals surface area (Å²) in [6.07, 6.45) is -0.498. The summed E-state index contributed by atoms with van der Waals surface area (Å²) in [6, 6.07) is 0. The van der Waals surface area contributed by atoms with Crippen molar-refractivity contribution in [3.63, 3.8) is 0 Å². The van der Waals surface area contributed by atoms with Crippen LogP contribution in [0.25, 0.3) is 0 Å². The molecule has 0 unspecified atom stereocenters. The molecule has 0 aromatic heterocycles. The number of ether oxygens (including phenoxy) is 1. The highest BCUT2D eigenvalue weighted by Crippen LogP contribution is 2.37. The Bertz CT molecular complexity index is 491. The molecular weight excluding hydrogens is 305 g/mol. The predicted molar refractivity (Wildman–Crippen MR) is 70.8 cm³/mol. The third-order valence-electron chi connectivity index (χ3n) is 3.21. The number of aliphatic hydroxyl groups excluding tert-OH is 2. The Kier molecular flexibility index (Phi) is 4.99. The van der Waals surface area contributed by atoms with E-state index in [-0.39, 0.29) is 25.5 Å². The van der Waals surface area contributed by atoms with Crippen molar-refractivity contribution in [1.82, 2.24) is 4.90 Å². The van der Waals surface area contributed by atoms with E-state index >= 15 is 0 Å². The lowest BCUT2D eigenvalue weighted by Gasteiger charge is -2.29. The second-order valence-corrected chi connectivity index (χ2v) is 5.97. The molecule has 2 aliphatic rings. The van der Waals surface area contributed by atoms with Gasteiger partial charge < -0.3 is 35.4 Å². The van der Waals surface area contributed by atoms with Gasteiger partial charge in [-0.3, -0.25) is 4.52 Å². The fourth-order valence-electron chi connectivity index (χ4n) is 2.10. The van der Waals surface area contributed by atoms with Crippen LogP contribution in [0.3, 0.4) is 0 Å². The Hall–Kier alpha value is -1.00. The number of hydrogen-bond donors (Lipinski definition) is 5. The third-order valence-corrected chi connectivity index (χ3v) is 3.69. The van der Waals surface area contributed by atoms with Crippen molar-refractivity contribution in [3.8, 4) is 0 Å². The van der Waals surface area contributed by atoms with Gasteiger partial charge in [0, 0.05) is 18.2 Å². The molecule has 1 fully saturated rings. The standard InChI is InChI=1S/C10H18N3O7P/c11-10-6(3-14)2-13(5-12-10)9-1-7(15)8(20-9)4-19-21(16,17)18/h2,7-9,14-15H,1,3-5H2,(H2,11,12)(H2,16,17,18)/t7-,8+,9+/m0/s1. The molecular formula is C10H18N3O7P. The molecule has 1 saturated heterocycles. The van der Waals surface area contributed by atoms with E-state index in [1.54, 1.807) is 11.1 Å². The van der Waals surface area contributed by atoms with Crippen molar-refractivity contribution in [2.45, 2.75) is 24.9 Å². The van der Waals surface area contributed by atoms with E-state index in [1.807, 2.05) is 0 Å². The molecule has 0 spiro atoms. The molecule has 10 nitrogen and oxygen atoms in total. The van der Waals surface area contributed by atoms with Crippen LogP contribution in [0, 0.1) is 0 Å². The van der Waals surface area contributed by atoms with Crippen molar-refractivity contribution in [2.75, 3.05) is 19.9 Å². The van der Waals surface area contributed by atoms with E-state index in [0.29, 0.717) is 5.57 Å². The lowest BCUT2D eigenvalue weighted by atomic mass is 10.2. The number of phosphoric acid groups is 1. The van der Waals surface area contributed by atoms with Crippen LogP contribution in [-0.2, 0) is 13.8 Å². The average molecular weight is 323 g/mol. The summed E-state index contributed by atoms with van der Waals surface area (Å²) < 4.78 is 20.5. The normalized spacial score (nSPS) is 30.3. The highest BCUT2D eigenvalue weighted by atomic mass is 31.2. The number of nitrogens with two attached hydrogens (primary N) is 1. The van der Waals surface area contributed by atoms with Crippen LogP contribution in [0.4, 0.5) is 0 Å². The second-order valence-electron chi connectivity index (χ2n) is 4.73. The SMILES string of the molecule is NC1=NCN([C@H]2C[C@H](O)[C@@H](COP(=O)(O)O)O2)C=C1CO. The lowest BCUT2D eigenvalue weighted by molar-refractivity contribution is -0.0631. The summed E-state index contributed by atoms with van der Waals surface area (Å²) in [5.41, 5.74) is 6.04. The second kappa shape index (κ2) is 6.41. The number of rotatable bonds is 5. The molecule has 0 amide bonds. The fourth-order valence-corrected chi connectivity index (χ4v) is 2.44. The smallest absolute Gasteiger partial charge is 0.391 e. The minimum atomic E-state index is -4.61. The van der Waals surface area contributed by atoms with Gasteiger partial charge in [-0.15, -0.1) is 0 Å². The van der Waals surface area contributed by atoms with Crippen LogP contribution < -0.4 is 5.73 Å². The van der Waals surface area contributed by atoms with Gasteiger partial charge in [0.25, 0.3) is 0 Å². The molecule has 0 aliphatic carbocycles. The Morgan fingerprint density at radius 3 is 2.90 bits per heavy atom. The van der Waals surface area contributed by atoms with Crippen molar-refractivity contribution in [1.29, 1.82) is 0 Å².